The molecule has 0 radical (unpaired) electrons. The number of anilines is 2. The zero-order valence-corrected chi connectivity index (χ0v) is 16.9. The first-order valence-electron chi connectivity index (χ1n) is 8.95. The van der Waals surface area contributed by atoms with Crippen LogP contribution in [0.3, 0.4) is 0 Å². The Morgan fingerprint density at radius 1 is 0.926 bits per heavy atom. The number of rotatable bonds is 6. The van der Waals surface area contributed by atoms with Crippen LogP contribution in [0.1, 0.15) is 38.8 Å². The Balaban J connectivity index is 1.94. The number of nitrogens with zero attached hydrogens (tertiary/aromatic N) is 1. The van der Waals surface area contributed by atoms with Crippen molar-refractivity contribution in [2.24, 2.45) is 5.92 Å². The largest absolute Gasteiger partial charge is 0.326 e. The molecule has 0 aromatic heterocycles. The minimum absolute atomic E-state index is 0.0155. The van der Waals surface area contributed by atoms with Gasteiger partial charge < -0.3 is 15.5 Å². The van der Waals surface area contributed by atoms with E-state index in [2.05, 4.69) is 10.6 Å². The van der Waals surface area contributed by atoms with Gasteiger partial charge in [-0.2, -0.15) is 0 Å². The number of urea groups is 1. The smallest absolute Gasteiger partial charge is 0.322 e. The molecule has 0 saturated heterocycles. The Bertz CT molecular complexity index is 773. The summed E-state index contributed by atoms with van der Waals surface area (Å²) in [6.45, 7) is 5.95. The minimum atomic E-state index is -0.214. The van der Waals surface area contributed by atoms with Gasteiger partial charge in [-0.3, -0.25) is 4.79 Å². The molecule has 5 nitrogen and oxygen atoms in total. The lowest BCUT2D eigenvalue weighted by molar-refractivity contribution is -0.116. The monoisotopic (exact) mass is 387 g/mol. The molecule has 2 aromatic rings. The van der Waals surface area contributed by atoms with Crippen LogP contribution in [-0.2, 0) is 4.79 Å². The molecule has 3 amide bonds. The van der Waals surface area contributed by atoms with Crippen molar-refractivity contribution in [3.8, 4) is 0 Å². The fourth-order valence-electron chi connectivity index (χ4n) is 2.57. The molecule has 0 aliphatic rings. The van der Waals surface area contributed by atoms with Crippen LogP contribution >= 0.6 is 11.6 Å². The summed E-state index contributed by atoms with van der Waals surface area (Å²) < 4.78 is 0. The average molecular weight is 388 g/mol. The van der Waals surface area contributed by atoms with Crippen molar-refractivity contribution in [2.45, 2.75) is 33.2 Å². The highest BCUT2D eigenvalue weighted by molar-refractivity contribution is 6.30. The summed E-state index contributed by atoms with van der Waals surface area (Å²) >= 11 is 5.92. The molecular formula is C21H26ClN3O2. The van der Waals surface area contributed by atoms with E-state index in [0.29, 0.717) is 28.7 Å². The summed E-state index contributed by atoms with van der Waals surface area (Å²) in [6, 6.07) is 14.2. The van der Waals surface area contributed by atoms with Gasteiger partial charge in [-0.05, 0) is 54.8 Å². The van der Waals surface area contributed by atoms with E-state index in [4.69, 9.17) is 11.6 Å². The van der Waals surface area contributed by atoms with Crippen LogP contribution in [0.5, 0.6) is 0 Å². The lowest BCUT2D eigenvalue weighted by Gasteiger charge is -2.25. The summed E-state index contributed by atoms with van der Waals surface area (Å²) in [5.74, 6) is 0.292. The number of halogens is 1. The van der Waals surface area contributed by atoms with Crippen molar-refractivity contribution in [1.29, 1.82) is 0 Å². The van der Waals surface area contributed by atoms with Crippen LogP contribution in [0.4, 0.5) is 16.2 Å². The number of carbonyl (C=O) groups excluding carboxylic acids is 2. The number of benzene rings is 2. The van der Waals surface area contributed by atoms with Gasteiger partial charge in [-0.15, -0.1) is 0 Å². The third-order valence-electron chi connectivity index (χ3n) is 4.27. The van der Waals surface area contributed by atoms with Crippen LogP contribution in [-0.4, -0.2) is 23.9 Å². The highest BCUT2D eigenvalue weighted by Crippen LogP contribution is 2.22. The Hall–Kier alpha value is -2.53. The second-order valence-corrected chi connectivity index (χ2v) is 7.43. The van der Waals surface area contributed by atoms with Gasteiger partial charge >= 0.3 is 6.03 Å². The predicted molar refractivity (Wildman–Crippen MR) is 111 cm³/mol. The Morgan fingerprint density at radius 2 is 1.44 bits per heavy atom. The molecule has 0 aliphatic carbocycles. The minimum Gasteiger partial charge on any atom is -0.326 e. The molecule has 2 aromatic carbocycles. The molecule has 0 spiro atoms. The molecule has 0 bridgehead atoms. The van der Waals surface area contributed by atoms with Crippen molar-refractivity contribution >= 4 is 34.9 Å². The van der Waals surface area contributed by atoms with Crippen LogP contribution in [0.15, 0.2) is 48.5 Å². The van der Waals surface area contributed by atoms with Crippen LogP contribution in [0.25, 0.3) is 0 Å². The van der Waals surface area contributed by atoms with Gasteiger partial charge in [0.15, 0.2) is 0 Å². The number of amides is 3. The highest BCUT2D eigenvalue weighted by Gasteiger charge is 2.17. The van der Waals surface area contributed by atoms with E-state index in [1.54, 1.807) is 36.2 Å². The molecule has 27 heavy (non-hydrogen) atoms. The second kappa shape index (κ2) is 9.42. The third-order valence-corrected chi connectivity index (χ3v) is 4.52. The summed E-state index contributed by atoms with van der Waals surface area (Å²) in [7, 11) is 1.75. The van der Waals surface area contributed by atoms with E-state index in [9.17, 15) is 9.59 Å². The molecule has 6 heteroatoms. The van der Waals surface area contributed by atoms with E-state index in [1.807, 2.05) is 45.0 Å². The van der Waals surface area contributed by atoms with Crippen molar-refractivity contribution < 1.29 is 9.59 Å². The molecule has 1 atom stereocenters. The third kappa shape index (κ3) is 6.29. The maximum Gasteiger partial charge on any atom is 0.322 e. The molecule has 0 heterocycles. The van der Waals surface area contributed by atoms with Gasteiger partial charge in [0.05, 0.1) is 6.04 Å². The zero-order valence-electron chi connectivity index (χ0n) is 16.1. The number of hydrogen-bond acceptors (Lipinski definition) is 2. The molecule has 0 unspecified atom stereocenters. The summed E-state index contributed by atoms with van der Waals surface area (Å²) in [6.07, 6.45) is 0.478. The van der Waals surface area contributed by atoms with Crippen LogP contribution < -0.4 is 10.6 Å². The number of carbonyl (C=O) groups is 2. The van der Waals surface area contributed by atoms with Crippen LogP contribution in [0.2, 0.25) is 5.02 Å². The molecule has 2 rings (SSSR count). The van der Waals surface area contributed by atoms with Crippen LogP contribution in [0, 0.1) is 5.92 Å². The number of hydrogen-bond donors (Lipinski definition) is 2. The summed E-state index contributed by atoms with van der Waals surface area (Å²) in [5, 5.41) is 6.38. The van der Waals surface area contributed by atoms with Gasteiger partial charge in [-0.25, -0.2) is 4.79 Å². The normalized spacial score (nSPS) is 11.8. The number of nitrogens with one attached hydrogen (secondary N) is 2. The zero-order chi connectivity index (χ0) is 20.0. The highest BCUT2D eigenvalue weighted by atomic mass is 35.5. The first kappa shape index (κ1) is 20.8. The van der Waals surface area contributed by atoms with Gasteiger partial charge in [0.25, 0.3) is 0 Å². The standard InChI is InChI=1S/C21H26ClN3O2/c1-14(2)13-20(26)23-18-9-11-19(12-10-18)24-21(27)25(4)15(3)16-5-7-17(22)8-6-16/h5-12,14-15H,13H2,1-4H3,(H,23,26)(H,24,27)/t15-/m1/s1. The quantitative estimate of drug-likeness (QED) is 0.682. The second-order valence-electron chi connectivity index (χ2n) is 6.99. The van der Waals surface area contributed by atoms with Gasteiger partial charge in [-0.1, -0.05) is 37.6 Å². The lowest BCUT2D eigenvalue weighted by atomic mass is 10.1. The van der Waals surface area contributed by atoms with E-state index >= 15 is 0 Å². The molecule has 0 aliphatic heterocycles. The van der Waals surface area contributed by atoms with Crippen molar-refractivity contribution in [2.75, 3.05) is 17.7 Å². The van der Waals surface area contributed by atoms with Gasteiger partial charge in [0.1, 0.15) is 0 Å². The van der Waals surface area contributed by atoms with E-state index in [0.717, 1.165) is 5.56 Å². The van der Waals surface area contributed by atoms with E-state index in [-0.39, 0.29) is 18.0 Å². The first-order valence-corrected chi connectivity index (χ1v) is 9.33. The van der Waals surface area contributed by atoms with Gasteiger partial charge in [0, 0.05) is 29.9 Å². The molecule has 0 fully saturated rings. The topological polar surface area (TPSA) is 61.4 Å². The fraction of sp³-hybridized carbons (Fsp3) is 0.333. The summed E-state index contributed by atoms with van der Waals surface area (Å²) in [4.78, 5) is 25.9. The van der Waals surface area contributed by atoms with Crippen molar-refractivity contribution in [3.05, 3.63) is 59.1 Å². The predicted octanol–water partition coefficient (Wildman–Crippen LogP) is 5.55. The Labute approximate surface area is 165 Å². The van der Waals surface area contributed by atoms with E-state index in [1.165, 1.54) is 0 Å². The molecule has 144 valence electrons. The Kier molecular flexibility index (Phi) is 7.25. The molecule has 0 saturated carbocycles. The summed E-state index contributed by atoms with van der Waals surface area (Å²) in [5.41, 5.74) is 2.37. The van der Waals surface area contributed by atoms with Gasteiger partial charge in [0.2, 0.25) is 5.91 Å². The first-order chi connectivity index (χ1) is 12.8. The van der Waals surface area contributed by atoms with Crippen molar-refractivity contribution in [1.82, 2.24) is 4.90 Å². The molecule has 2 N–H and O–H groups in total. The average Bonchev–Trinajstić information content (AvgIpc) is 2.62. The molecular weight excluding hydrogens is 362 g/mol. The Morgan fingerprint density at radius 3 is 1.96 bits per heavy atom. The lowest BCUT2D eigenvalue weighted by Crippen LogP contribution is -2.33. The fourth-order valence-corrected chi connectivity index (χ4v) is 2.70. The maximum absolute atomic E-state index is 12.5. The maximum atomic E-state index is 12.5. The van der Waals surface area contributed by atoms with E-state index < -0.39 is 0 Å². The SMILES string of the molecule is CC(C)CC(=O)Nc1ccc(NC(=O)N(C)[C@H](C)c2ccc(Cl)cc2)cc1. The van der Waals surface area contributed by atoms with Crippen molar-refractivity contribution in [3.63, 3.8) is 0 Å².